The molecule has 1 aliphatic rings. The molecule has 8 aromatic rings. The Hall–Kier alpha value is -7.29. The van der Waals surface area contributed by atoms with Gasteiger partial charge in [-0.1, -0.05) is 54.6 Å². The van der Waals surface area contributed by atoms with E-state index in [-0.39, 0.29) is 30.1 Å². The highest BCUT2D eigenvalue weighted by atomic mass is 16.5. The van der Waals surface area contributed by atoms with Crippen LogP contribution >= 0.6 is 0 Å². The van der Waals surface area contributed by atoms with E-state index in [9.17, 15) is 19.5 Å². The second-order valence-corrected chi connectivity index (χ2v) is 16.3. The molecule has 5 heterocycles. The van der Waals surface area contributed by atoms with Crippen LogP contribution in [0.15, 0.2) is 138 Å². The average molecular weight is 830 g/mol. The number of anilines is 1. The number of rotatable bonds is 14. The predicted molar refractivity (Wildman–Crippen MR) is 242 cm³/mol. The van der Waals surface area contributed by atoms with Gasteiger partial charge in [-0.2, -0.15) is 0 Å². The molecule has 0 spiro atoms. The van der Waals surface area contributed by atoms with Crippen molar-refractivity contribution in [3.63, 3.8) is 0 Å². The zero-order valence-electron chi connectivity index (χ0n) is 34.8. The quantitative estimate of drug-likeness (QED) is 0.103. The molecule has 3 N–H and O–H groups in total. The molecule has 4 aromatic heterocycles. The highest BCUT2D eigenvalue weighted by Gasteiger charge is 2.35. The van der Waals surface area contributed by atoms with Crippen molar-refractivity contribution in [2.45, 2.75) is 25.4 Å². The molecule has 1 atom stereocenters. The van der Waals surface area contributed by atoms with Crippen molar-refractivity contribution >= 4 is 33.8 Å². The van der Waals surface area contributed by atoms with Gasteiger partial charge in [-0.25, -0.2) is 14.8 Å². The molecule has 4 aromatic carbocycles. The van der Waals surface area contributed by atoms with Crippen molar-refractivity contribution in [1.29, 1.82) is 0 Å². The fourth-order valence-electron chi connectivity index (χ4n) is 8.38. The Kier molecular flexibility index (Phi) is 10.8. The van der Waals surface area contributed by atoms with Crippen LogP contribution in [0.5, 0.6) is 5.75 Å². The maximum atomic E-state index is 13.8. The van der Waals surface area contributed by atoms with Crippen molar-refractivity contribution in [3.8, 4) is 39.4 Å². The van der Waals surface area contributed by atoms with Crippen molar-refractivity contribution in [2.24, 2.45) is 0 Å². The minimum Gasteiger partial charge on any atom is -0.494 e. The SMILES string of the molecule is CN(C)CCCOc1ccc(-c2cn(-c3cccc(CC(C)(O)CN4CCN(c5ccc(-c6cn(-c7ccccc7)c7nc[nH]c(=O)c67)cc5)C4=O)c3)c3nc[nH]c(=O)c23)cc1. The molecule has 1 unspecified atom stereocenters. The van der Waals surface area contributed by atoms with Crippen LogP contribution < -0.4 is 20.8 Å². The van der Waals surface area contributed by atoms with Crippen LogP contribution in [0.3, 0.4) is 0 Å². The highest BCUT2D eigenvalue weighted by Crippen LogP contribution is 2.34. The molecule has 1 aliphatic heterocycles. The minimum atomic E-state index is -1.25. The van der Waals surface area contributed by atoms with Crippen LogP contribution in [-0.2, 0) is 6.42 Å². The number of nitrogens with zero attached hydrogens (tertiary/aromatic N) is 7. The van der Waals surface area contributed by atoms with Gasteiger partial charge in [0.2, 0.25) is 0 Å². The van der Waals surface area contributed by atoms with Crippen molar-refractivity contribution in [3.05, 3.63) is 154 Å². The number of hydrogen-bond acceptors (Lipinski definition) is 8. The zero-order chi connectivity index (χ0) is 43.0. The third-order valence-electron chi connectivity index (χ3n) is 11.3. The Morgan fingerprint density at radius 2 is 1.32 bits per heavy atom. The fourth-order valence-corrected chi connectivity index (χ4v) is 8.38. The van der Waals surface area contributed by atoms with Crippen molar-refractivity contribution < 1.29 is 14.6 Å². The van der Waals surface area contributed by atoms with E-state index in [4.69, 9.17) is 4.74 Å². The summed E-state index contributed by atoms with van der Waals surface area (Å²) in [5.74, 6) is 0.763. The van der Waals surface area contributed by atoms with Crippen molar-refractivity contribution in [2.75, 3.05) is 51.8 Å². The van der Waals surface area contributed by atoms with Gasteiger partial charge < -0.3 is 38.7 Å². The molecule has 14 nitrogen and oxygen atoms in total. The number of aromatic nitrogens is 6. The molecule has 9 rings (SSSR count). The lowest BCUT2D eigenvalue weighted by molar-refractivity contribution is 0.0352. The average Bonchev–Trinajstić information content (AvgIpc) is 3.97. The number of urea groups is 1. The lowest BCUT2D eigenvalue weighted by Crippen LogP contribution is -2.44. The predicted octanol–water partition coefficient (Wildman–Crippen LogP) is 6.64. The van der Waals surface area contributed by atoms with Crippen LogP contribution in [-0.4, -0.2) is 102 Å². The number of hydrogen-bond donors (Lipinski definition) is 3. The summed E-state index contributed by atoms with van der Waals surface area (Å²) in [6.07, 6.45) is 7.84. The topological polar surface area (TPSA) is 158 Å². The third kappa shape index (κ3) is 8.00. The Labute approximate surface area is 357 Å². The first-order valence-corrected chi connectivity index (χ1v) is 20.6. The monoisotopic (exact) mass is 829 g/mol. The summed E-state index contributed by atoms with van der Waals surface area (Å²) in [4.78, 5) is 60.1. The molecule has 1 fully saturated rings. The first kappa shape index (κ1) is 40.1. The second-order valence-electron chi connectivity index (χ2n) is 16.3. The lowest BCUT2D eigenvalue weighted by Gasteiger charge is -2.29. The van der Waals surface area contributed by atoms with Gasteiger partial charge >= 0.3 is 6.03 Å². The third-order valence-corrected chi connectivity index (χ3v) is 11.3. The van der Waals surface area contributed by atoms with Gasteiger partial charge in [0.15, 0.2) is 11.3 Å². The number of carbonyl (C=O) groups is 1. The number of para-hydroxylation sites is 1. The Morgan fingerprint density at radius 1 is 0.726 bits per heavy atom. The van der Waals surface area contributed by atoms with Gasteiger partial charge in [-0.05, 0) is 92.7 Å². The molecule has 314 valence electrons. The number of H-pyrrole nitrogens is 2. The van der Waals surface area contributed by atoms with E-state index in [0.29, 0.717) is 41.8 Å². The number of fused-ring (bicyclic) bond motifs is 2. The van der Waals surface area contributed by atoms with Gasteiger partial charge in [-0.15, -0.1) is 0 Å². The molecule has 1 saturated heterocycles. The van der Waals surface area contributed by atoms with E-state index in [1.54, 1.807) is 16.7 Å². The van der Waals surface area contributed by atoms with Crippen LogP contribution in [0.4, 0.5) is 10.5 Å². The molecular weight excluding hydrogens is 783 g/mol. The van der Waals surface area contributed by atoms with Crippen LogP contribution in [0.25, 0.3) is 55.7 Å². The fraction of sp³-hybridized carbons (Fsp3) is 0.229. The maximum absolute atomic E-state index is 13.8. The number of amides is 2. The largest absolute Gasteiger partial charge is 0.494 e. The van der Waals surface area contributed by atoms with Gasteiger partial charge in [0.1, 0.15) is 5.75 Å². The van der Waals surface area contributed by atoms with E-state index in [0.717, 1.165) is 63.6 Å². The Bertz CT molecular complexity index is 3000. The molecule has 14 heteroatoms. The van der Waals surface area contributed by atoms with E-state index < -0.39 is 5.60 Å². The molecule has 2 amide bonds. The summed E-state index contributed by atoms with van der Waals surface area (Å²) < 4.78 is 9.74. The summed E-state index contributed by atoms with van der Waals surface area (Å²) >= 11 is 0. The Balaban J connectivity index is 0.894. The summed E-state index contributed by atoms with van der Waals surface area (Å²) in [6.45, 7) is 4.33. The first-order valence-electron chi connectivity index (χ1n) is 20.6. The number of β-amino-alcohol motifs (C(OH)–C–C–N with tert-alkyl or cyclic N) is 1. The second kappa shape index (κ2) is 16.6. The zero-order valence-corrected chi connectivity index (χ0v) is 34.8. The normalized spacial score (nSPS) is 14.0. The van der Waals surface area contributed by atoms with Crippen LogP contribution in [0, 0.1) is 0 Å². The summed E-state index contributed by atoms with van der Waals surface area (Å²) in [7, 11) is 4.07. The maximum Gasteiger partial charge on any atom is 0.324 e. The number of aromatic amines is 2. The Morgan fingerprint density at radius 3 is 1.95 bits per heavy atom. The minimum absolute atomic E-state index is 0.127. The van der Waals surface area contributed by atoms with E-state index in [1.165, 1.54) is 12.7 Å². The van der Waals surface area contributed by atoms with Crippen molar-refractivity contribution in [1.82, 2.24) is 38.9 Å². The smallest absolute Gasteiger partial charge is 0.324 e. The molecule has 0 saturated carbocycles. The number of ether oxygens (including phenoxy) is 1. The summed E-state index contributed by atoms with van der Waals surface area (Å²) in [6, 6.07) is 32.6. The van der Waals surface area contributed by atoms with Gasteiger partial charge in [0.05, 0.1) is 42.2 Å². The molecule has 0 bridgehead atoms. The standard InChI is InChI=1S/C48H47N9O5/c1-48(61,26-32-9-7-12-37(25-32)57-28-40(42-44(57)50-31-52-46(42)59)34-15-19-38(20-16-34)62-24-8-21-53(2)3)29-54-22-23-55(47(54)60)36-17-13-33(14-18-36)39-27-56(35-10-5-4-6-11-35)43-41(39)45(58)51-30-49-43/h4-7,9-20,25,27-28,30-31,61H,8,21-24,26,29H2,1-3H3,(H,49,51,58)(H,50,52,59). The number of aliphatic hydroxyl groups is 1. The summed E-state index contributed by atoms with van der Waals surface area (Å²) in [5, 5.41) is 12.7. The van der Waals surface area contributed by atoms with E-state index in [2.05, 4.69) is 24.8 Å². The van der Waals surface area contributed by atoms with Gasteiger partial charge in [0, 0.05) is 66.6 Å². The van der Waals surface area contributed by atoms with E-state index >= 15 is 0 Å². The summed E-state index contributed by atoms with van der Waals surface area (Å²) in [5.41, 5.74) is 5.73. The van der Waals surface area contributed by atoms with Gasteiger partial charge in [-0.3, -0.25) is 14.5 Å². The molecule has 0 radical (unpaired) electrons. The lowest BCUT2D eigenvalue weighted by atomic mass is 9.95. The highest BCUT2D eigenvalue weighted by molar-refractivity contribution is 5.97. The van der Waals surface area contributed by atoms with E-state index in [1.807, 2.05) is 139 Å². The molecule has 62 heavy (non-hydrogen) atoms. The number of carbonyl (C=O) groups excluding carboxylic acids is 1. The number of nitrogens with one attached hydrogen (secondary N) is 2. The first-order chi connectivity index (χ1) is 30.0. The van der Waals surface area contributed by atoms with Crippen LogP contribution in [0.1, 0.15) is 18.9 Å². The molecule has 0 aliphatic carbocycles. The number of benzene rings is 4. The molecular formula is C48H47N9O5. The van der Waals surface area contributed by atoms with Crippen LogP contribution in [0.2, 0.25) is 0 Å². The van der Waals surface area contributed by atoms with Gasteiger partial charge in [0.25, 0.3) is 11.1 Å².